The molecule has 2 aliphatic rings. The van der Waals surface area contributed by atoms with Crippen LogP contribution in [0.25, 0.3) is 0 Å². The summed E-state index contributed by atoms with van der Waals surface area (Å²) in [7, 11) is 0. The van der Waals surface area contributed by atoms with Crippen LogP contribution < -0.4 is 0 Å². The highest BCUT2D eigenvalue weighted by atomic mass is 16.6. The molecule has 0 aromatic rings. The van der Waals surface area contributed by atoms with E-state index in [-0.39, 0.29) is 30.7 Å². The minimum Gasteiger partial charge on any atom is -0.481 e. The molecule has 2 atom stereocenters. The third-order valence-corrected chi connectivity index (χ3v) is 3.83. The number of amides is 1. The molecule has 1 heterocycles. The number of carbonyl (C=O) groups excluding carboxylic acids is 2. The number of hydrogen-bond donors (Lipinski definition) is 1. The van der Waals surface area contributed by atoms with Gasteiger partial charge in [0, 0.05) is 24.9 Å². The van der Waals surface area contributed by atoms with Gasteiger partial charge in [-0.15, -0.1) is 0 Å². The first-order chi connectivity index (χ1) is 9.17. The first-order valence-corrected chi connectivity index (χ1v) is 6.92. The standard InChI is InChI=1S/C14H21NO5/c1-14(2,3)20-13(19)15-6-9-4-8(12(17)18)5-10(7-15)11(9)16/h8-10H,4-7H2,1-3H3,(H,17,18)/t9-,10-/m1/s1. The quantitative estimate of drug-likeness (QED) is 0.789. The number of fused-ring (bicyclic) bond motifs is 2. The fraction of sp³-hybridized carbons (Fsp3) is 0.786. The number of carboxylic acid groups (broad SMARTS) is 1. The van der Waals surface area contributed by atoms with Crippen LogP contribution >= 0.6 is 0 Å². The first-order valence-electron chi connectivity index (χ1n) is 6.92. The number of ether oxygens (including phenoxy) is 1. The number of hydrogen-bond acceptors (Lipinski definition) is 4. The minimum absolute atomic E-state index is 0.0994. The average molecular weight is 283 g/mol. The highest BCUT2D eigenvalue weighted by molar-refractivity contribution is 5.88. The maximum atomic E-state index is 12.1. The molecule has 1 amide bonds. The summed E-state index contributed by atoms with van der Waals surface area (Å²) >= 11 is 0. The largest absolute Gasteiger partial charge is 0.481 e. The Balaban J connectivity index is 2.05. The number of piperidine rings is 1. The lowest BCUT2D eigenvalue weighted by atomic mass is 9.71. The summed E-state index contributed by atoms with van der Waals surface area (Å²) in [4.78, 5) is 36.7. The molecule has 2 rings (SSSR count). The van der Waals surface area contributed by atoms with E-state index in [2.05, 4.69) is 0 Å². The van der Waals surface area contributed by atoms with E-state index in [9.17, 15) is 14.4 Å². The molecule has 6 heteroatoms. The monoisotopic (exact) mass is 283 g/mol. The van der Waals surface area contributed by atoms with Crippen LogP contribution in [0, 0.1) is 17.8 Å². The van der Waals surface area contributed by atoms with Gasteiger partial charge in [-0.25, -0.2) is 4.79 Å². The molecule has 20 heavy (non-hydrogen) atoms. The summed E-state index contributed by atoms with van der Waals surface area (Å²) in [5.41, 5.74) is -0.572. The SMILES string of the molecule is CC(C)(C)OC(=O)N1C[C@H]2CC(C(=O)O)C[C@H](C1)C2=O. The van der Waals surface area contributed by atoms with Crippen LogP contribution in [0.3, 0.4) is 0 Å². The normalized spacial score (nSPS) is 30.1. The molecule has 112 valence electrons. The van der Waals surface area contributed by atoms with E-state index in [1.54, 1.807) is 25.7 Å². The molecular formula is C14H21NO5. The van der Waals surface area contributed by atoms with Crippen LogP contribution in [0.1, 0.15) is 33.6 Å². The van der Waals surface area contributed by atoms with Crippen molar-refractivity contribution in [2.45, 2.75) is 39.2 Å². The first kappa shape index (κ1) is 14.8. The van der Waals surface area contributed by atoms with Crippen molar-refractivity contribution in [1.82, 2.24) is 4.90 Å². The lowest BCUT2D eigenvalue weighted by Crippen LogP contribution is -2.54. The van der Waals surface area contributed by atoms with Crippen molar-refractivity contribution < 1.29 is 24.2 Å². The van der Waals surface area contributed by atoms with Gasteiger partial charge in [-0.3, -0.25) is 9.59 Å². The molecule has 0 aromatic carbocycles. The maximum absolute atomic E-state index is 12.1. The molecule has 1 saturated heterocycles. The number of aliphatic carboxylic acids is 1. The number of rotatable bonds is 1. The van der Waals surface area contributed by atoms with Crippen LogP contribution in [-0.2, 0) is 14.3 Å². The molecule has 6 nitrogen and oxygen atoms in total. The Morgan fingerprint density at radius 2 is 1.70 bits per heavy atom. The van der Waals surface area contributed by atoms with E-state index < -0.39 is 23.6 Å². The maximum Gasteiger partial charge on any atom is 0.410 e. The molecule has 1 N–H and O–H groups in total. The smallest absolute Gasteiger partial charge is 0.410 e. The van der Waals surface area contributed by atoms with E-state index in [0.29, 0.717) is 12.8 Å². The van der Waals surface area contributed by atoms with Gasteiger partial charge in [-0.05, 0) is 33.6 Å². The minimum atomic E-state index is -0.849. The predicted octanol–water partition coefficient (Wildman–Crippen LogP) is 1.53. The van der Waals surface area contributed by atoms with E-state index >= 15 is 0 Å². The Kier molecular flexibility index (Phi) is 3.75. The highest BCUT2D eigenvalue weighted by Crippen LogP contribution is 2.36. The van der Waals surface area contributed by atoms with Gasteiger partial charge in [0.25, 0.3) is 0 Å². The molecular weight excluding hydrogens is 262 g/mol. The summed E-state index contributed by atoms with van der Waals surface area (Å²) in [6, 6.07) is 0. The molecule has 0 spiro atoms. The van der Waals surface area contributed by atoms with Gasteiger partial charge in [0.15, 0.2) is 0 Å². The third-order valence-electron chi connectivity index (χ3n) is 3.83. The average Bonchev–Trinajstić information content (AvgIpc) is 2.25. The van der Waals surface area contributed by atoms with E-state index in [1.165, 1.54) is 0 Å². The highest BCUT2D eigenvalue weighted by Gasteiger charge is 2.45. The molecule has 1 aliphatic carbocycles. The van der Waals surface area contributed by atoms with Crippen LogP contribution in [-0.4, -0.2) is 46.5 Å². The number of carbonyl (C=O) groups is 3. The Bertz CT molecular complexity index is 421. The van der Waals surface area contributed by atoms with Crippen LogP contribution in [0.4, 0.5) is 4.79 Å². The zero-order valence-corrected chi connectivity index (χ0v) is 12.1. The van der Waals surface area contributed by atoms with Gasteiger partial charge in [-0.2, -0.15) is 0 Å². The van der Waals surface area contributed by atoms with Gasteiger partial charge < -0.3 is 14.7 Å². The molecule has 2 bridgehead atoms. The zero-order chi connectivity index (χ0) is 15.1. The summed E-state index contributed by atoms with van der Waals surface area (Å²) in [6.07, 6.45) is 0.224. The Morgan fingerprint density at radius 3 is 2.10 bits per heavy atom. The van der Waals surface area contributed by atoms with Gasteiger partial charge in [0.05, 0.1) is 5.92 Å². The summed E-state index contributed by atoms with van der Waals surface area (Å²) < 4.78 is 5.31. The Hall–Kier alpha value is -1.59. The molecule has 0 aromatic heterocycles. The van der Waals surface area contributed by atoms with Crippen molar-refractivity contribution in [1.29, 1.82) is 0 Å². The van der Waals surface area contributed by atoms with Gasteiger partial charge in [-0.1, -0.05) is 0 Å². The summed E-state index contributed by atoms with van der Waals surface area (Å²) in [5.74, 6) is -1.95. The fourth-order valence-electron chi connectivity index (χ4n) is 2.96. The Morgan fingerprint density at radius 1 is 1.20 bits per heavy atom. The number of nitrogens with zero attached hydrogens (tertiary/aromatic N) is 1. The molecule has 0 unspecified atom stereocenters. The summed E-state index contributed by atoms with van der Waals surface area (Å²) in [5, 5.41) is 9.09. The molecule has 0 radical (unpaired) electrons. The van der Waals surface area contributed by atoms with Crippen LogP contribution in [0.15, 0.2) is 0 Å². The van der Waals surface area contributed by atoms with Gasteiger partial charge in [0.2, 0.25) is 0 Å². The molecule has 1 aliphatic heterocycles. The fourth-order valence-corrected chi connectivity index (χ4v) is 2.96. The van der Waals surface area contributed by atoms with Crippen molar-refractivity contribution in [3.8, 4) is 0 Å². The lowest BCUT2D eigenvalue weighted by molar-refractivity contribution is -0.148. The number of carboxylic acids is 1. The van der Waals surface area contributed by atoms with Gasteiger partial charge >= 0.3 is 12.1 Å². The van der Waals surface area contributed by atoms with Gasteiger partial charge in [0.1, 0.15) is 11.4 Å². The second-order valence-corrected chi connectivity index (χ2v) is 6.69. The van der Waals surface area contributed by atoms with Crippen molar-refractivity contribution in [2.24, 2.45) is 17.8 Å². The topological polar surface area (TPSA) is 83.9 Å². The van der Waals surface area contributed by atoms with Crippen LogP contribution in [0.5, 0.6) is 0 Å². The predicted molar refractivity (Wildman–Crippen MR) is 70.2 cm³/mol. The van der Waals surface area contributed by atoms with E-state index in [1.807, 2.05) is 0 Å². The molecule has 1 saturated carbocycles. The van der Waals surface area contributed by atoms with Crippen molar-refractivity contribution in [3.05, 3.63) is 0 Å². The number of ketones is 1. The second kappa shape index (κ2) is 5.07. The van der Waals surface area contributed by atoms with E-state index in [0.717, 1.165) is 0 Å². The van der Waals surface area contributed by atoms with Crippen LogP contribution in [0.2, 0.25) is 0 Å². The van der Waals surface area contributed by atoms with Crippen molar-refractivity contribution in [2.75, 3.05) is 13.1 Å². The van der Waals surface area contributed by atoms with Crippen molar-refractivity contribution >= 4 is 17.8 Å². The van der Waals surface area contributed by atoms with E-state index in [4.69, 9.17) is 9.84 Å². The second-order valence-electron chi connectivity index (χ2n) is 6.69. The third kappa shape index (κ3) is 3.11. The molecule has 2 fully saturated rings. The number of Topliss-reactive ketones (excluding diaryl/α,β-unsaturated/α-hetero) is 1. The zero-order valence-electron chi connectivity index (χ0n) is 12.1. The lowest BCUT2D eigenvalue weighted by Gasteiger charge is -2.42. The Labute approximate surface area is 118 Å². The number of likely N-dealkylation sites (tertiary alicyclic amines) is 1. The van der Waals surface area contributed by atoms with Crippen molar-refractivity contribution in [3.63, 3.8) is 0 Å². The summed E-state index contributed by atoms with van der Waals surface area (Å²) in [6.45, 7) is 5.92.